The van der Waals surface area contributed by atoms with E-state index in [1.165, 1.54) is 24.3 Å². The van der Waals surface area contributed by atoms with E-state index in [2.05, 4.69) is 0 Å². The number of amides is 1. The van der Waals surface area contributed by atoms with Crippen LogP contribution in [0.3, 0.4) is 0 Å². The maximum atomic E-state index is 12.7. The van der Waals surface area contributed by atoms with E-state index in [0.717, 1.165) is 25.7 Å². The largest absolute Gasteiger partial charge is 0.381 e. The molecular formula is C15H20N2O4S. The number of nitrogens with zero attached hydrogens (tertiary/aromatic N) is 1. The monoisotopic (exact) mass is 324 g/mol. The Labute approximate surface area is 130 Å². The average Bonchev–Trinajstić information content (AvgIpc) is 2.75. The molecule has 3 rings (SSSR count). The molecular weight excluding hydrogens is 304 g/mol. The van der Waals surface area contributed by atoms with E-state index in [1.54, 1.807) is 7.11 Å². The van der Waals surface area contributed by atoms with Crippen LogP contribution in [0.5, 0.6) is 0 Å². The van der Waals surface area contributed by atoms with Crippen LogP contribution in [0.25, 0.3) is 0 Å². The van der Waals surface area contributed by atoms with Crippen LogP contribution in [0.2, 0.25) is 0 Å². The number of sulfonamides is 1. The van der Waals surface area contributed by atoms with Gasteiger partial charge in [-0.1, -0.05) is 0 Å². The molecule has 1 aromatic carbocycles. The second-order valence-corrected chi connectivity index (χ2v) is 7.56. The van der Waals surface area contributed by atoms with Gasteiger partial charge in [0.05, 0.1) is 11.0 Å². The Hall–Kier alpha value is -1.44. The smallest absolute Gasteiger partial charge is 0.254 e. The van der Waals surface area contributed by atoms with Crippen LogP contribution in [0.1, 0.15) is 36.0 Å². The number of carbonyl (C=O) groups is 1. The molecule has 7 heteroatoms. The molecule has 2 fully saturated rings. The molecule has 0 aliphatic carbocycles. The Morgan fingerprint density at radius 3 is 2.18 bits per heavy atom. The summed E-state index contributed by atoms with van der Waals surface area (Å²) < 4.78 is 28.0. The van der Waals surface area contributed by atoms with Crippen molar-refractivity contribution in [2.24, 2.45) is 5.14 Å². The quantitative estimate of drug-likeness (QED) is 0.902. The Morgan fingerprint density at radius 1 is 1.18 bits per heavy atom. The van der Waals surface area contributed by atoms with E-state index >= 15 is 0 Å². The highest BCUT2D eigenvalue weighted by molar-refractivity contribution is 7.89. The molecule has 2 atom stereocenters. The van der Waals surface area contributed by atoms with Gasteiger partial charge in [-0.15, -0.1) is 0 Å². The summed E-state index contributed by atoms with van der Waals surface area (Å²) in [4.78, 5) is 14.7. The molecule has 0 aromatic heterocycles. The molecule has 22 heavy (non-hydrogen) atoms. The van der Waals surface area contributed by atoms with E-state index in [0.29, 0.717) is 5.56 Å². The Kier molecular flexibility index (Phi) is 3.96. The van der Waals surface area contributed by atoms with Gasteiger partial charge in [-0.25, -0.2) is 13.6 Å². The first-order valence-corrected chi connectivity index (χ1v) is 8.93. The molecule has 120 valence electrons. The summed E-state index contributed by atoms with van der Waals surface area (Å²) in [6, 6.07) is 6.26. The van der Waals surface area contributed by atoms with Gasteiger partial charge in [0.2, 0.25) is 10.0 Å². The first kappa shape index (κ1) is 15.5. The number of hydrogen-bond donors (Lipinski definition) is 1. The summed E-state index contributed by atoms with van der Waals surface area (Å²) in [6.07, 6.45) is 3.98. The van der Waals surface area contributed by atoms with E-state index in [9.17, 15) is 13.2 Å². The number of primary sulfonamides is 1. The molecule has 2 saturated heterocycles. The second-order valence-electron chi connectivity index (χ2n) is 6.00. The van der Waals surface area contributed by atoms with Crippen LogP contribution in [-0.2, 0) is 14.8 Å². The Morgan fingerprint density at radius 2 is 1.73 bits per heavy atom. The Bertz CT molecular complexity index is 657. The van der Waals surface area contributed by atoms with Gasteiger partial charge >= 0.3 is 0 Å². The molecule has 6 nitrogen and oxygen atoms in total. The van der Waals surface area contributed by atoms with Gasteiger partial charge in [0.1, 0.15) is 0 Å². The van der Waals surface area contributed by atoms with E-state index in [1.807, 2.05) is 4.90 Å². The zero-order valence-corrected chi connectivity index (χ0v) is 13.3. The lowest BCUT2D eigenvalue weighted by atomic mass is 9.98. The van der Waals surface area contributed by atoms with E-state index in [-0.39, 0.29) is 29.0 Å². The summed E-state index contributed by atoms with van der Waals surface area (Å²) in [6.45, 7) is 0. The third-order valence-corrected chi connectivity index (χ3v) is 5.62. The number of carbonyl (C=O) groups excluding carboxylic acids is 1. The lowest BCUT2D eigenvalue weighted by molar-refractivity contribution is 0.00822. The topological polar surface area (TPSA) is 89.7 Å². The van der Waals surface area contributed by atoms with Gasteiger partial charge in [-0.3, -0.25) is 4.79 Å². The predicted molar refractivity (Wildman–Crippen MR) is 80.8 cm³/mol. The normalized spacial score (nSPS) is 27.9. The maximum Gasteiger partial charge on any atom is 0.254 e. The van der Waals surface area contributed by atoms with Crippen molar-refractivity contribution >= 4 is 15.9 Å². The van der Waals surface area contributed by atoms with Gasteiger partial charge < -0.3 is 9.64 Å². The van der Waals surface area contributed by atoms with Gasteiger partial charge in [0, 0.05) is 24.8 Å². The van der Waals surface area contributed by atoms with E-state index < -0.39 is 10.0 Å². The molecule has 2 aliphatic rings. The minimum atomic E-state index is -3.73. The van der Waals surface area contributed by atoms with Crippen molar-refractivity contribution in [2.75, 3.05) is 7.11 Å². The number of piperidine rings is 1. The van der Waals surface area contributed by atoms with Gasteiger partial charge in [-0.05, 0) is 49.9 Å². The molecule has 0 radical (unpaired) electrons. The molecule has 2 heterocycles. The van der Waals surface area contributed by atoms with Crippen molar-refractivity contribution in [1.82, 2.24) is 4.90 Å². The fraction of sp³-hybridized carbons (Fsp3) is 0.533. The average molecular weight is 324 g/mol. The van der Waals surface area contributed by atoms with Crippen molar-refractivity contribution in [3.05, 3.63) is 29.8 Å². The number of rotatable bonds is 3. The number of ether oxygens (including phenoxy) is 1. The van der Waals surface area contributed by atoms with Crippen LogP contribution in [0.4, 0.5) is 0 Å². The number of hydrogen-bond acceptors (Lipinski definition) is 4. The summed E-state index contributed by atoms with van der Waals surface area (Å²) >= 11 is 0. The second kappa shape index (κ2) is 5.64. The van der Waals surface area contributed by atoms with Gasteiger partial charge in [0.25, 0.3) is 5.91 Å². The van der Waals surface area contributed by atoms with Crippen molar-refractivity contribution in [2.45, 2.75) is 48.8 Å². The number of nitrogens with two attached hydrogens (primary N) is 1. The fourth-order valence-corrected chi connectivity index (χ4v) is 4.10. The lowest BCUT2D eigenvalue weighted by Gasteiger charge is -2.38. The minimum Gasteiger partial charge on any atom is -0.381 e. The van der Waals surface area contributed by atoms with Crippen molar-refractivity contribution < 1.29 is 17.9 Å². The van der Waals surface area contributed by atoms with Crippen molar-refractivity contribution in [1.29, 1.82) is 0 Å². The van der Waals surface area contributed by atoms with Gasteiger partial charge in [0.15, 0.2) is 0 Å². The molecule has 2 bridgehead atoms. The van der Waals surface area contributed by atoms with Crippen LogP contribution >= 0.6 is 0 Å². The Balaban J connectivity index is 1.80. The van der Waals surface area contributed by atoms with Crippen LogP contribution in [0, 0.1) is 0 Å². The number of benzene rings is 1. The summed E-state index contributed by atoms with van der Waals surface area (Å²) in [7, 11) is -2.02. The summed E-state index contributed by atoms with van der Waals surface area (Å²) in [5.41, 5.74) is 0.500. The number of fused-ring (bicyclic) bond motifs is 2. The molecule has 2 aliphatic heterocycles. The van der Waals surface area contributed by atoms with Crippen molar-refractivity contribution in [3.8, 4) is 0 Å². The third-order valence-electron chi connectivity index (χ3n) is 4.69. The SMILES string of the molecule is COC1CC2CCC(C1)N2C(=O)c1ccc(S(N)(=O)=O)cc1. The molecule has 1 amide bonds. The highest BCUT2D eigenvalue weighted by atomic mass is 32.2. The fourth-order valence-electron chi connectivity index (χ4n) is 3.59. The molecule has 1 aromatic rings. The zero-order valence-electron chi connectivity index (χ0n) is 12.4. The zero-order chi connectivity index (χ0) is 15.9. The molecule has 2 unspecified atom stereocenters. The van der Waals surface area contributed by atoms with E-state index in [4.69, 9.17) is 9.88 Å². The lowest BCUT2D eigenvalue weighted by Crippen LogP contribution is -2.48. The summed E-state index contributed by atoms with van der Waals surface area (Å²) in [5, 5.41) is 5.07. The molecule has 2 N–H and O–H groups in total. The standard InChI is InChI=1S/C15H20N2O4S/c1-21-13-8-11-4-5-12(9-13)17(11)15(18)10-2-6-14(7-3-10)22(16,19)20/h2-3,6-7,11-13H,4-5,8-9H2,1H3,(H2,16,19,20). The third kappa shape index (κ3) is 2.76. The first-order chi connectivity index (χ1) is 10.4. The van der Waals surface area contributed by atoms with Crippen molar-refractivity contribution in [3.63, 3.8) is 0 Å². The van der Waals surface area contributed by atoms with Crippen LogP contribution in [-0.4, -0.2) is 44.5 Å². The highest BCUT2D eigenvalue weighted by Crippen LogP contribution is 2.37. The highest BCUT2D eigenvalue weighted by Gasteiger charge is 2.43. The van der Waals surface area contributed by atoms with Crippen LogP contribution in [0.15, 0.2) is 29.2 Å². The first-order valence-electron chi connectivity index (χ1n) is 7.38. The maximum absolute atomic E-state index is 12.7. The number of methoxy groups -OCH3 is 1. The van der Waals surface area contributed by atoms with Crippen LogP contribution < -0.4 is 5.14 Å². The molecule has 0 saturated carbocycles. The predicted octanol–water partition coefficient (Wildman–Crippen LogP) is 1.12. The minimum absolute atomic E-state index is 0.0186. The summed E-state index contributed by atoms with van der Waals surface area (Å²) in [5.74, 6) is -0.0389. The molecule has 0 spiro atoms. The van der Waals surface area contributed by atoms with Gasteiger partial charge in [-0.2, -0.15) is 0 Å².